The van der Waals surface area contributed by atoms with Gasteiger partial charge in [-0.25, -0.2) is 0 Å². The molecule has 0 saturated heterocycles. The van der Waals surface area contributed by atoms with Crippen LogP contribution in [0.25, 0.3) is 86.2 Å². The molecule has 0 N–H and O–H groups in total. The van der Waals surface area contributed by atoms with Gasteiger partial charge >= 0.3 is 11.9 Å². The highest BCUT2D eigenvalue weighted by atomic mass is 28.4. The van der Waals surface area contributed by atoms with Crippen LogP contribution in [0.5, 0.6) is 0 Å². The normalized spacial score (nSPS) is 12.7. The zero-order chi connectivity index (χ0) is 99.2. The Bertz CT molecular complexity index is 6420. The van der Waals surface area contributed by atoms with Gasteiger partial charge in [-0.15, -0.1) is 22.2 Å². The predicted octanol–water partition coefficient (Wildman–Crippen LogP) is 32.1. The summed E-state index contributed by atoms with van der Waals surface area (Å²) in [5, 5.41) is 24.1. The summed E-state index contributed by atoms with van der Waals surface area (Å²) in [6.07, 6.45) is 6.06. The van der Waals surface area contributed by atoms with Crippen LogP contribution >= 0.6 is 0 Å². The van der Waals surface area contributed by atoms with E-state index >= 15 is 0 Å². The van der Waals surface area contributed by atoms with E-state index in [1.165, 1.54) is 75.0 Å². The highest BCUT2D eigenvalue weighted by Crippen LogP contribution is 2.46. The van der Waals surface area contributed by atoms with E-state index in [1.807, 2.05) is 0 Å². The first-order valence-electron chi connectivity index (χ1n) is 51.3. The number of rotatable bonds is 31. The first-order valence-corrected chi connectivity index (χ1v) is 65.7. The molecule has 6 nitrogen and oxygen atoms in total. The molecule has 0 spiro atoms. The largest absolute Gasteiger partial charge is 0.461 e. The third kappa shape index (κ3) is 21.6. The van der Waals surface area contributed by atoms with Crippen molar-refractivity contribution in [2.24, 2.45) is 0 Å². The maximum atomic E-state index is 13.4. The van der Waals surface area contributed by atoms with Crippen LogP contribution < -0.4 is 20.7 Å². The van der Waals surface area contributed by atoms with Gasteiger partial charge in [-0.2, -0.15) is 0 Å². The number of ether oxygens (including phenoxy) is 2. The average molecular weight is 1930 g/mol. The summed E-state index contributed by atoms with van der Waals surface area (Å²) in [6.45, 7) is 62.9. The monoisotopic (exact) mass is 1930 g/mol. The smallest absolute Gasteiger partial charge is 0.306 e. The van der Waals surface area contributed by atoms with Crippen LogP contribution in [-0.2, 0) is 54.3 Å². The molecule has 0 heterocycles. The second kappa shape index (κ2) is 42.9. The van der Waals surface area contributed by atoms with E-state index in [4.69, 9.17) is 18.3 Å². The Morgan fingerprint density at radius 2 is 0.428 bits per heavy atom. The Morgan fingerprint density at radius 3 is 0.601 bits per heavy atom. The molecule has 0 aliphatic heterocycles. The van der Waals surface area contributed by atoms with Crippen molar-refractivity contribution >= 4 is 168 Å². The van der Waals surface area contributed by atoms with Gasteiger partial charge in [-0.05, 0) is 271 Å². The quantitative estimate of drug-likeness (QED) is 0.0142. The van der Waals surface area contributed by atoms with Crippen LogP contribution in [0, 0.1) is 45.9 Å². The van der Waals surface area contributed by atoms with Gasteiger partial charge in [0.2, 0.25) is 0 Å². The molecule has 0 unspecified atom stereocenters. The number of benzene rings is 14. The first-order chi connectivity index (χ1) is 65.5. The van der Waals surface area contributed by atoms with Crippen LogP contribution in [0.4, 0.5) is 0 Å². The van der Waals surface area contributed by atoms with Crippen molar-refractivity contribution < 1.29 is 27.9 Å². The minimum atomic E-state index is -2.64. The van der Waals surface area contributed by atoms with Crippen LogP contribution in [-0.4, -0.2) is 60.9 Å². The topological polar surface area (TPSA) is 71.1 Å². The standard InChI is InChI=1S/C126H150O6Si6/c1-87(2)135(88(3)4,71-67-111-115-75-99-41-33-37-45-103(99)79-119(115)113(120-80-104-46-38-34-42-100(104)76-116(111)120)69-73-137(91(9)10,92(11)12)109-63-55-97(56-64-109)85-131-133(23,24)125(17,18)19)107-59-51-95(52-60-107)83-129-123(127)49-31-29-27-28-30-32-50-124(128)130-84-96-53-61-108(62-54-96)136(89(5)6,90(7)8)72-68-112-117-77-101-43-35-39-47-105(101)81-121(117)114(122-82-106-48-40-36-44-102(106)78-118(112)122)70-74-138(93(13)14,94(15)16)110-65-57-98(58-66-110)86-132-134(25,26)126(20,21)22/h33-48,51-66,75-82,87-94H,27-32,49-50,83-86H2,1-26H3. The van der Waals surface area contributed by atoms with Gasteiger partial charge < -0.3 is 18.3 Å². The van der Waals surface area contributed by atoms with Crippen LogP contribution in [0.2, 0.25) is 80.6 Å². The molecule has 14 aromatic rings. The van der Waals surface area contributed by atoms with Crippen molar-refractivity contribution in [1.29, 1.82) is 0 Å². The van der Waals surface area contributed by atoms with E-state index in [0.29, 0.717) is 48.2 Å². The maximum absolute atomic E-state index is 13.4. The van der Waals surface area contributed by atoms with Gasteiger partial charge in [0.05, 0.1) is 13.2 Å². The molecule has 0 radical (unpaired) electrons. The van der Waals surface area contributed by atoms with Crippen molar-refractivity contribution in [3.8, 4) is 45.9 Å². The second-order valence-electron chi connectivity index (χ2n) is 45.0. The van der Waals surface area contributed by atoms with E-state index < -0.39 is 48.9 Å². The van der Waals surface area contributed by atoms with Crippen molar-refractivity contribution in [3.05, 3.63) is 287 Å². The zero-order valence-electron chi connectivity index (χ0n) is 87.6. The lowest BCUT2D eigenvalue weighted by Gasteiger charge is -2.36. The van der Waals surface area contributed by atoms with Gasteiger partial charge in [0.25, 0.3) is 0 Å². The lowest BCUT2D eigenvalue weighted by molar-refractivity contribution is -0.146. The fourth-order valence-electron chi connectivity index (χ4n) is 21.4. The SMILES string of the molecule is CC(C)[Si](C#Cc1c2cc3ccccc3cc2c(C#C[Si](c2ccc(CO[Si](C)(C)C(C)(C)C)cc2)(C(C)C)C(C)C)c2cc3ccccc3cc12)(c1ccc(COC(=O)CCCCCCCCC(=O)OCc2ccc([Si](C#Cc3c4cc5ccccc5cc4c(C#C[Si](c4ccc(CO[Si](C)(C)C(C)(C)C)cc4)(C(C)C)C(C)C)c4cc5ccccc5cc34)(C(C)C)C(C)C)cc2)cc1)C(C)C. The van der Waals surface area contributed by atoms with Crippen molar-refractivity contribution in [2.45, 2.75) is 311 Å². The summed E-state index contributed by atoms with van der Waals surface area (Å²) in [6, 6.07) is 90.4. The van der Waals surface area contributed by atoms with Crippen molar-refractivity contribution in [2.75, 3.05) is 0 Å². The minimum absolute atomic E-state index is 0.136. The second-order valence-corrected chi connectivity index (χ2v) is 74.1. The van der Waals surface area contributed by atoms with Gasteiger partial charge in [-0.1, -0.05) is 396 Å². The molecule has 12 heteroatoms. The Labute approximate surface area is 833 Å². The molecule has 0 fully saturated rings. The van der Waals surface area contributed by atoms with E-state index in [9.17, 15) is 9.59 Å². The number of esters is 2. The number of hydrogen-bond acceptors (Lipinski definition) is 6. The lowest BCUT2D eigenvalue weighted by atomic mass is 9.89. The summed E-state index contributed by atoms with van der Waals surface area (Å²) in [5.74, 6) is 16.0. The van der Waals surface area contributed by atoms with E-state index in [2.05, 4.69) is 467 Å². The molecule has 14 rings (SSSR count). The van der Waals surface area contributed by atoms with Crippen molar-refractivity contribution in [1.82, 2.24) is 0 Å². The summed E-state index contributed by atoms with van der Waals surface area (Å²) in [5.41, 5.74) is 28.0. The summed E-state index contributed by atoms with van der Waals surface area (Å²) < 4.78 is 25.4. The number of carbonyl (C=O) groups is 2. The first kappa shape index (κ1) is 103. The van der Waals surface area contributed by atoms with Crippen LogP contribution in [0.3, 0.4) is 0 Å². The summed E-state index contributed by atoms with van der Waals surface area (Å²) >= 11 is 0. The fourth-order valence-corrected chi connectivity index (χ4v) is 41.0. The Morgan fingerprint density at radius 1 is 0.254 bits per heavy atom. The fraction of sp³-hybridized carbons (Fsp3) is 0.381. The molecule has 138 heavy (non-hydrogen) atoms. The average Bonchev–Trinajstić information content (AvgIpc) is 0.727. The number of unbranched alkanes of at least 4 members (excludes halogenated alkanes) is 5. The highest BCUT2D eigenvalue weighted by molar-refractivity contribution is 7.02. The number of carbonyl (C=O) groups excluding carboxylic acids is 2. The Hall–Kier alpha value is -10.4. The summed E-state index contributed by atoms with van der Waals surface area (Å²) in [4.78, 5) is 26.8. The molecule has 0 aliphatic carbocycles. The molecule has 0 aliphatic rings. The van der Waals surface area contributed by atoms with Gasteiger partial charge in [0, 0.05) is 35.1 Å². The van der Waals surface area contributed by atoms with Gasteiger partial charge in [0.15, 0.2) is 48.9 Å². The molecule has 0 amide bonds. The van der Waals surface area contributed by atoms with E-state index in [0.717, 1.165) is 115 Å². The molecular weight excluding hydrogens is 1780 g/mol. The van der Waals surface area contributed by atoms with Gasteiger partial charge in [-0.3, -0.25) is 9.59 Å². The molecule has 0 aromatic heterocycles. The van der Waals surface area contributed by atoms with Crippen LogP contribution in [0.1, 0.15) is 248 Å². The number of fused-ring (bicyclic) bond motifs is 8. The molecule has 714 valence electrons. The third-order valence-corrected chi connectivity index (χ3v) is 62.7. The lowest BCUT2D eigenvalue weighted by Crippen LogP contribution is -2.52. The third-order valence-electron chi connectivity index (χ3n) is 31.9. The van der Waals surface area contributed by atoms with Crippen molar-refractivity contribution in [3.63, 3.8) is 0 Å². The van der Waals surface area contributed by atoms with Gasteiger partial charge in [0.1, 0.15) is 13.2 Å². The maximum Gasteiger partial charge on any atom is 0.306 e. The van der Waals surface area contributed by atoms with Crippen LogP contribution in [0.15, 0.2) is 243 Å². The molecule has 0 atom stereocenters. The summed E-state index contributed by atoms with van der Waals surface area (Å²) in [7, 11) is -14.3. The Kier molecular flexibility index (Phi) is 32.2. The molecule has 14 aromatic carbocycles. The highest BCUT2D eigenvalue weighted by Gasteiger charge is 2.46. The zero-order valence-corrected chi connectivity index (χ0v) is 93.6. The van der Waals surface area contributed by atoms with E-state index in [1.54, 1.807) is 0 Å². The Balaban J connectivity index is 0.616. The molecule has 0 saturated carbocycles. The van der Waals surface area contributed by atoms with E-state index in [-0.39, 0.29) is 57.4 Å². The molecule has 0 bridgehead atoms. The number of hydrogen-bond donors (Lipinski definition) is 0. The molecular formula is C126H150O6Si6. The predicted molar refractivity (Wildman–Crippen MR) is 609 cm³/mol. The minimum Gasteiger partial charge on any atom is -0.461 e.